The molecule has 1 amide bonds. The molecule has 2 rings (SSSR count). The van der Waals surface area contributed by atoms with Crippen LogP contribution in [0.25, 0.3) is 0 Å². The molecule has 1 aromatic carbocycles. The predicted molar refractivity (Wildman–Crippen MR) is 86.3 cm³/mol. The zero-order valence-corrected chi connectivity index (χ0v) is 13.8. The van der Waals surface area contributed by atoms with Gasteiger partial charge in [0.25, 0.3) is 5.91 Å². The number of halogens is 1. The van der Waals surface area contributed by atoms with Crippen LogP contribution in [0.15, 0.2) is 29.6 Å². The summed E-state index contributed by atoms with van der Waals surface area (Å²) >= 11 is 7.36. The van der Waals surface area contributed by atoms with E-state index in [1.54, 1.807) is 25.3 Å². The molecule has 1 heterocycles. The van der Waals surface area contributed by atoms with Gasteiger partial charge in [0.1, 0.15) is 16.7 Å². The van der Waals surface area contributed by atoms with Crippen LogP contribution in [0.1, 0.15) is 10.4 Å². The van der Waals surface area contributed by atoms with Crippen LogP contribution in [0, 0.1) is 0 Å². The van der Waals surface area contributed by atoms with E-state index in [-0.39, 0.29) is 10.7 Å². The number of ether oxygens (including phenoxy) is 2. The van der Waals surface area contributed by atoms with E-state index in [1.165, 1.54) is 25.1 Å². The minimum absolute atomic E-state index is 0.0960. The lowest BCUT2D eigenvalue weighted by Crippen LogP contribution is -2.14. The zero-order chi connectivity index (χ0) is 16.1. The van der Waals surface area contributed by atoms with Crippen molar-refractivity contribution in [3.05, 3.63) is 35.1 Å². The Balaban J connectivity index is 2.28. The summed E-state index contributed by atoms with van der Waals surface area (Å²) in [6, 6.07) is 5.09. The number of benzene rings is 1. The smallest absolute Gasteiger partial charge is 0.260 e. The highest BCUT2D eigenvalue weighted by Crippen LogP contribution is 2.29. The molecule has 0 bridgehead atoms. The number of carbonyl (C=O) groups excluding carboxylic acids is 1. The molecule has 0 saturated heterocycles. The molecule has 0 saturated carbocycles. The number of nitrogens with one attached hydrogen (secondary N) is 1. The van der Waals surface area contributed by atoms with Crippen LogP contribution >= 0.6 is 23.4 Å². The maximum Gasteiger partial charge on any atom is 0.260 e. The first-order chi connectivity index (χ1) is 10.6. The normalized spacial score (nSPS) is 10.2. The Morgan fingerprint density at radius 2 is 2.09 bits per heavy atom. The molecule has 0 aliphatic rings. The molecule has 2 aromatic rings. The van der Waals surface area contributed by atoms with Crippen molar-refractivity contribution in [2.75, 3.05) is 25.8 Å². The van der Waals surface area contributed by atoms with E-state index in [0.717, 1.165) is 0 Å². The van der Waals surface area contributed by atoms with E-state index >= 15 is 0 Å². The molecular weight excluding hydrogens is 326 g/mol. The summed E-state index contributed by atoms with van der Waals surface area (Å²) < 4.78 is 10.3. The molecule has 0 radical (unpaired) electrons. The molecule has 8 heteroatoms. The van der Waals surface area contributed by atoms with Crippen molar-refractivity contribution >= 4 is 35.0 Å². The van der Waals surface area contributed by atoms with Gasteiger partial charge in [0.2, 0.25) is 0 Å². The van der Waals surface area contributed by atoms with Crippen molar-refractivity contribution in [1.82, 2.24) is 9.97 Å². The highest BCUT2D eigenvalue weighted by atomic mass is 35.5. The summed E-state index contributed by atoms with van der Waals surface area (Å²) in [6.07, 6.45) is 3.22. The maximum atomic E-state index is 12.3. The van der Waals surface area contributed by atoms with E-state index in [9.17, 15) is 4.79 Å². The monoisotopic (exact) mass is 339 g/mol. The highest BCUT2D eigenvalue weighted by molar-refractivity contribution is 7.98. The van der Waals surface area contributed by atoms with Crippen LogP contribution < -0.4 is 14.8 Å². The summed E-state index contributed by atoms with van der Waals surface area (Å²) in [6.45, 7) is 0. The molecule has 1 aromatic heterocycles. The van der Waals surface area contributed by atoms with Gasteiger partial charge in [0.05, 0.1) is 25.5 Å². The van der Waals surface area contributed by atoms with Crippen molar-refractivity contribution in [1.29, 1.82) is 0 Å². The average molecular weight is 340 g/mol. The molecule has 22 heavy (non-hydrogen) atoms. The number of amides is 1. The molecular formula is C14H14ClN3O3S. The number of aromatic nitrogens is 2. The minimum atomic E-state index is -0.427. The molecule has 0 fully saturated rings. The third kappa shape index (κ3) is 3.61. The van der Waals surface area contributed by atoms with Crippen LogP contribution in [-0.2, 0) is 0 Å². The summed E-state index contributed by atoms with van der Waals surface area (Å²) in [4.78, 5) is 20.4. The number of hydrogen-bond donors (Lipinski definition) is 1. The molecule has 0 spiro atoms. The van der Waals surface area contributed by atoms with Crippen molar-refractivity contribution in [3.8, 4) is 11.5 Å². The molecule has 0 aliphatic carbocycles. The van der Waals surface area contributed by atoms with E-state index < -0.39 is 5.91 Å². The Morgan fingerprint density at radius 3 is 2.68 bits per heavy atom. The first-order valence-corrected chi connectivity index (χ1v) is 7.79. The van der Waals surface area contributed by atoms with Crippen molar-refractivity contribution in [2.24, 2.45) is 0 Å². The van der Waals surface area contributed by atoms with Gasteiger partial charge in [-0.15, -0.1) is 0 Å². The Morgan fingerprint density at radius 1 is 1.32 bits per heavy atom. The first kappa shape index (κ1) is 16.4. The van der Waals surface area contributed by atoms with Gasteiger partial charge in [-0.2, -0.15) is 0 Å². The molecule has 0 unspecified atom stereocenters. The lowest BCUT2D eigenvalue weighted by Gasteiger charge is -2.12. The number of carbonyl (C=O) groups is 1. The van der Waals surface area contributed by atoms with E-state index in [1.807, 2.05) is 6.26 Å². The van der Waals surface area contributed by atoms with Crippen molar-refractivity contribution in [2.45, 2.75) is 5.16 Å². The number of rotatable bonds is 5. The summed E-state index contributed by atoms with van der Waals surface area (Å²) in [5, 5.41) is 3.31. The van der Waals surface area contributed by atoms with Crippen molar-refractivity contribution < 1.29 is 14.3 Å². The van der Waals surface area contributed by atoms with Crippen molar-refractivity contribution in [3.63, 3.8) is 0 Å². The van der Waals surface area contributed by atoms with E-state index in [4.69, 9.17) is 21.1 Å². The first-order valence-electron chi connectivity index (χ1n) is 6.19. The average Bonchev–Trinajstić information content (AvgIpc) is 2.54. The number of thioether (sulfide) groups is 1. The third-order valence-corrected chi connectivity index (χ3v) is 3.65. The van der Waals surface area contributed by atoms with E-state index in [0.29, 0.717) is 22.3 Å². The number of anilines is 1. The fourth-order valence-electron chi connectivity index (χ4n) is 1.70. The number of nitrogens with zero attached hydrogens (tertiary/aromatic N) is 2. The quantitative estimate of drug-likeness (QED) is 0.512. The predicted octanol–water partition coefficient (Wildman–Crippen LogP) is 3.12. The fourth-order valence-corrected chi connectivity index (χ4v) is 2.30. The van der Waals surface area contributed by atoms with Crippen LogP contribution in [0.5, 0.6) is 11.5 Å². The van der Waals surface area contributed by atoms with Gasteiger partial charge < -0.3 is 14.8 Å². The standard InChI is InChI=1S/C14H14ClN3O3S/c1-20-8-4-5-11(21-2)10(6-8)17-13(19)9-7-16-14(22-3)18-12(9)15/h4-7H,1-3H3,(H,17,19). The van der Waals surface area contributed by atoms with Crippen LogP contribution in [0.3, 0.4) is 0 Å². The highest BCUT2D eigenvalue weighted by Gasteiger charge is 2.16. The number of hydrogen-bond acceptors (Lipinski definition) is 6. The number of methoxy groups -OCH3 is 2. The Hall–Kier alpha value is -1.99. The zero-order valence-electron chi connectivity index (χ0n) is 12.2. The van der Waals surface area contributed by atoms with Crippen LogP contribution in [0.2, 0.25) is 5.15 Å². The molecule has 116 valence electrons. The Bertz CT molecular complexity index is 697. The summed E-state index contributed by atoms with van der Waals surface area (Å²) in [5.41, 5.74) is 0.654. The SMILES string of the molecule is COc1ccc(OC)c(NC(=O)c2cnc(SC)nc2Cl)c1. The fraction of sp³-hybridized carbons (Fsp3) is 0.214. The lowest BCUT2D eigenvalue weighted by atomic mass is 10.2. The van der Waals surface area contributed by atoms with Gasteiger partial charge in [-0.05, 0) is 18.4 Å². The van der Waals surface area contributed by atoms with Gasteiger partial charge in [-0.25, -0.2) is 9.97 Å². The van der Waals surface area contributed by atoms with Gasteiger partial charge in [-0.1, -0.05) is 23.4 Å². The van der Waals surface area contributed by atoms with Gasteiger partial charge in [-0.3, -0.25) is 4.79 Å². The van der Waals surface area contributed by atoms with Crippen LogP contribution in [-0.4, -0.2) is 36.4 Å². The van der Waals surface area contributed by atoms with Gasteiger partial charge >= 0.3 is 0 Å². The summed E-state index contributed by atoms with van der Waals surface area (Å²) in [7, 11) is 3.06. The maximum absolute atomic E-state index is 12.3. The molecule has 1 N–H and O–H groups in total. The van der Waals surface area contributed by atoms with Gasteiger partial charge in [0.15, 0.2) is 5.16 Å². The topological polar surface area (TPSA) is 73.3 Å². The Kier molecular flexibility index (Phi) is 5.46. The minimum Gasteiger partial charge on any atom is -0.497 e. The second-order valence-electron chi connectivity index (χ2n) is 4.08. The molecule has 0 aliphatic heterocycles. The van der Waals surface area contributed by atoms with E-state index in [2.05, 4.69) is 15.3 Å². The molecule has 0 atom stereocenters. The van der Waals surface area contributed by atoms with Crippen LogP contribution in [0.4, 0.5) is 5.69 Å². The summed E-state index contributed by atoms with van der Waals surface area (Å²) in [5.74, 6) is 0.673. The largest absolute Gasteiger partial charge is 0.497 e. The second kappa shape index (κ2) is 7.33. The van der Waals surface area contributed by atoms with Gasteiger partial charge in [0, 0.05) is 12.3 Å². The second-order valence-corrected chi connectivity index (χ2v) is 5.21. The molecule has 6 nitrogen and oxygen atoms in total. The third-order valence-electron chi connectivity index (χ3n) is 2.80. The Labute approximate surface area is 137 Å². The lowest BCUT2D eigenvalue weighted by molar-refractivity contribution is 0.102.